The zero-order valence-corrected chi connectivity index (χ0v) is 18.5. The molecule has 0 radical (unpaired) electrons. The molecule has 2 heterocycles. The van der Waals surface area contributed by atoms with Crippen molar-refractivity contribution < 1.29 is 18.7 Å². The number of thiophene rings is 1. The van der Waals surface area contributed by atoms with Crippen molar-refractivity contribution in [2.24, 2.45) is 0 Å². The maximum absolute atomic E-state index is 12.4. The number of nitrogens with one attached hydrogen (secondary N) is 1. The van der Waals surface area contributed by atoms with Crippen molar-refractivity contribution in [1.29, 1.82) is 0 Å². The molecular formula is C25H19N3O4S. The Morgan fingerprint density at radius 3 is 2.61 bits per heavy atom. The quantitative estimate of drug-likeness (QED) is 0.337. The number of carbonyl (C=O) groups is 2. The number of anilines is 1. The normalized spacial score (nSPS) is 10.2. The van der Waals surface area contributed by atoms with E-state index in [1.54, 1.807) is 41.7 Å². The Balaban J connectivity index is 1.35. The van der Waals surface area contributed by atoms with Gasteiger partial charge in [0.2, 0.25) is 17.7 Å². The van der Waals surface area contributed by atoms with Gasteiger partial charge in [0.25, 0.3) is 0 Å². The number of aromatic nitrogens is 2. The van der Waals surface area contributed by atoms with Gasteiger partial charge in [-0.3, -0.25) is 4.79 Å². The lowest BCUT2D eigenvalue weighted by molar-refractivity contribution is -0.116. The van der Waals surface area contributed by atoms with E-state index in [4.69, 9.17) is 9.15 Å². The van der Waals surface area contributed by atoms with Crippen LogP contribution in [-0.4, -0.2) is 29.2 Å². The maximum atomic E-state index is 12.4. The molecule has 4 rings (SSSR count). The molecule has 2 aromatic carbocycles. The second-order valence-electron chi connectivity index (χ2n) is 6.96. The number of carbonyl (C=O) groups excluding carboxylic acids is 2. The van der Waals surface area contributed by atoms with E-state index >= 15 is 0 Å². The molecule has 0 aliphatic carbocycles. The van der Waals surface area contributed by atoms with E-state index in [1.807, 2.05) is 35.0 Å². The molecule has 33 heavy (non-hydrogen) atoms. The minimum absolute atomic E-state index is 0.166. The first-order chi connectivity index (χ1) is 16.1. The second-order valence-corrected chi connectivity index (χ2v) is 7.74. The molecule has 7 nitrogen and oxygen atoms in total. The van der Waals surface area contributed by atoms with Crippen LogP contribution < -0.4 is 5.32 Å². The van der Waals surface area contributed by atoms with Crippen molar-refractivity contribution in [2.45, 2.75) is 12.8 Å². The van der Waals surface area contributed by atoms with Gasteiger partial charge in [-0.05, 0) is 47.8 Å². The van der Waals surface area contributed by atoms with E-state index in [0.717, 1.165) is 11.1 Å². The minimum atomic E-state index is -0.411. The predicted molar refractivity (Wildman–Crippen MR) is 125 cm³/mol. The molecule has 2 aromatic heterocycles. The number of benzene rings is 2. The Kier molecular flexibility index (Phi) is 6.93. The van der Waals surface area contributed by atoms with E-state index in [2.05, 4.69) is 27.4 Å². The van der Waals surface area contributed by atoms with Crippen LogP contribution in [0.15, 0.2) is 69.8 Å². The third kappa shape index (κ3) is 5.93. The highest BCUT2D eigenvalue weighted by molar-refractivity contribution is 7.08. The number of amides is 1. The van der Waals surface area contributed by atoms with E-state index < -0.39 is 5.97 Å². The number of hydrogen-bond acceptors (Lipinski definition) is 7. The molecule has 0 bridgehead atoms. The van der Waals surface area contributed by atoms with Crippen molar-refractivity contribution in [3.8, 4) is 23.3 Å². The Hall–Kier alpha value is -4.22. The highest BCUT2D eigenvalue weighted by atomic mass is 32.1. The van der Waals surface area contributed by atoms with Crippen LogP contribution in [0.3, 0.4) is 0 Å². The van der Waals surface area contributed by atoms with Crippen LogP contribution in [0.25, 0.3) is 11.5 Å². The monoisotopic (exact) mass is 457 g/mol. The van der Waals surface area contributed by atoms with Crippen LogP contribution in [0.5, 0.6) is 0 Å². The van der Waals surface area contributed by atoms with Crippen molar-refractivity contribution in [3.05, 3.63) is 87.9 Å². The minimum Gasteiger partial charge on any atom is -0.465 e. The fourth-order valence-corrected chi connectivity index (χ4v) is 3.59. The Labute approximate surface area is 194 Å². The first-order valence-corrected chi connectivity index (χ1v) is 11.0. The fourth-order valence-electron chi connectivity index (χ4n) is 2.96. The summed E-state index contributed by atoms with van der Waals surface area (Å²) in [7, 11) is 1.34. The predicted octanol–water partition coefficient (Wildman–Crippen LogP) is 4.56. The molecular weight excluding hydrogens is 438 g/mol. The lowest BCUT2D eigenvalue weighted by atomic mass is 10.1. The van der Waals surface area contributed by atoms with Gasteiger partial charge in [-0.2, -0.15) is 11.3 Å². The van der Waals surface area contributed by atoms with Gasteiger partial charge in [0, 0.05) is 40.6 Å². The van der Waals surface area contributed by atoms with E-state index in [1.165, 1.54) is 7.11 Å². The molecule has 1 amide bonds. The number of ether oxygens (including phenoxy) is 1. The molecule has 1 N–H and O–H groups in total. The molecule has 0 fully saturated rings. The zero-order chi connectivity index (χ0) is 23.0. The number of nitrogens with zero attached hydrogens (tertiary/aromatic N) is 2. The molecule has 0 atom stereocenters. The number of esters is 1. The number of hydrogen-bond donors (Lipinski definition) is 1. The highest BCUT2D eigenvalue weighted by Crippen LogP contribution is 2.21. The lowest BCUT2D eigenvalue weighted by Crippen LogP contribution is -2.12. The lowest BCUT2D eigenvalue weighted by Gasteiger charge is -2.04. The second kappa shape index (κ2) is 10.4. The molecule has 0 aliphatic heterocycles. The average Bonchev–Trinajstić information content (AvgIpc) is 3.53. The number of methoxy groups -OCH3 is 1. The summed E-state index contributed by atoms with van der Waals surface area (Å²) in [5.41, 5.74) is 3.37. The molecule has 164 valence electrons. The van der Waals surface area contributed by atoms with Crippen molar-refractivity contribution >= 4 is 28.9 Å². The summed E-state index contributed by atoms with van der Waals surface area (Å²) in [5.74, 6) is 6.37. The van der Waals surface area contributed by atoms with Gasteiger partial charge in [-0.15, -0.1) is 10.2 Å². The van der Waals surface area contributed by atoms with Crippen molar-refractivity contribution in [3.63, 3.8) is 0 Å². The van der Waals surface area contributed by atoms with Gasteiger partial charge in [0.1, 0.15) is 0 Å². The van der Waals surface area contributed by atoms with Crippen LogP contribution in [0.4, 0.5) is 5.69 Å². The standard InChI is InChI=1S/C25H19N3O4S/c1-31-25(30)19-6-2-4-17(14-19)8-9-18-5-3-7-21(15-18)26-22(29)10-11-23-27-28-24(32-23)20-12-13-33-16-20/h2-7,12-16H,10-11H2,1H3,(H,26,29). The van der Waals surface area contributed by atoms with Crippen LogP contribution in [0, 0.1) is 11.8 Å². The third-order valence-corrected chi connectivity index (χ3v) is 5.27. The van der Waals surface area contributed by atoms with Gasteiger partial charge in [-0.25, -0.2) is 4.79 Å². The Morgan fingerprint density at radius 2 is 1.85 bits per heavy atom. The Bertz CT molecular complexity index is 1330. The largest absolute Gasteiger partial charge is 0.465 e. The Morgan fingerprint density at radius 1 is 1.06 bits per heavy atom. The summed E-state index contributed by atoms with van der Waals surface area (Å²) in [6, 6.07) is 16.0. The third-order valence-electron chi connectivity index (χ3n) is 4.58. The molecule has 0 saturated heterocycles. The first kappa shape index (κ1) is 22.0. The van der Waals surface area contributed by atoms with Crippen molar-refractivity contribution in [2.75, 3.05) is 12.4 Å². The first-order valence-electron chi connectivity index (χ1n) is 10.1. The topological polar surface area (TPSA) is 94.3 Å². The van der Waals surface area contributed by atoms with E-state index in [-0.39, 0.29) is 12.3 Å². The fraction of sp³-hybridized carbons (Fsp3) is 0.120. The molecule has 0 spiro atoms. The van der Waals surface area contributed by atoms with E-state index in [0.29, 0.717) is 35.0 Å². The number of aryl methyl sites for hydroxylation is 1. The van der Waals surface area contributed by atoms with Crippen LogP contribution in [0.1, 0.15) is 33.8 Å². The SMILES string of the molecule is COC(=O)c1cccc(C#Cc2cccc(NC(=O)CCc3nnc(-c4ccsc4)o3)c2)c1. The van der Waals surface area contributed by atoms with Crippen LogP contribution >= 0.6 is 11.3 Å². The van der Waals surface area contributed by atoms with Gasteiger partial charge in [-0.1, -0.05) is 24.0 Å². The molecule has 8 heteroatoms. The summed E-state index contributed by atoms with van der Waals surface area (Å²) in [4.78, 5) is 24.0. The zero-order valence-electron chi connectivity index (χ0n) is 17.7. The average molecular weight is 458 g/mol. The number of rotatable bonds is 6. The molecule has 0 unspecified atom stereocenters. The molecule has 0 aliphatic rings. The van der Waals surface area contributed by atoms with Crippen LogP contribution in [0.2, 0.25) is 0 Å². The molecule has 0 saturated carbocycles. The smallest absolute Gasteiger partial charge is 0.337 e. The van der Waals surface area contributed by atoms with Gasteiger partial charge in [0.15, 0.2) is 0 Å². The van der Waals surface area contributed by atoms with E-state index in [9.17, 15) is 9.59 Å². The van der Waals surface area contributed by atoms with Crippen molar-refractivity contribution in [1.82, 2.24) is 10.2 Å². The summed E-state index contributed by atoms with van der Waals surface area (Å²) >= 11 is 1.55. The highest BCUT2D eigenvalue weighted by Gasteiger charge is 2.11. The van der Waals surface area contributed by atoms with Gasteiger partial charge in [0.05, 0.1) is 12.7 Å². The summed E-state index contributed by atoms with van der Waals surface area (Å²) < 4.78 is 10.3. The molecule has 4 aromatic rings. The summed E-state index contributed by atoms with van der Waals surface area (Å²) in [6.45, 7) is 0. The van der Waals surface area contributed by atoms with Gasteiger partial charge >= 0.3 is 5.97 Å². The van der Waals surface area contributed by atoms with Crippen LogP contribution in [-0.2, 0) is 16.0 Å². The summed E-state index contributed by atoms with van der Waals surface area (Å²) in [5, 5.41) is 14.7. The van der Waals surface area contributed by atoms with Gasteiger partial charge < -0.3 is 14.5 Å². The maximum Gasteiger partial charge on any atom is 0.337 e. The summed E-state index contributed by atoms with van der Waals surface area (Å²) in [6.07, 6.45) is 0.556.